The van der Waals surface area contributed by atoms with E-state index in [1.807, 2.05) is 62.4 Å². The van der Waals surface area contributed by atoms with Crippen LogP contribution in [0.2, 0.25) is 0 Å². The molecule has 2 aromatic carbocycles. The molecule has 0 radical (unpaired) electrons. The molecule has 1 N–H and O–H groups in total. The van der Waals surface area contributed by atoms with E-state index in [1.165, 1.54) is 0 Å². The normalized spacial score (nSPS) is 12.0. The third-order valence-electron chi connectivity index (χ3n) is 3.77. The molecule has 0 saturated carbocycles. The summed E-state index contributed by atoms with van der Waals surface area (Å²) in [7, 11) is 0. The number of ether oxygens (including phenoxy) is 1. The molecule has 0 aliphatic heterocycles. The Kier molecular flexibility index (Phi) is 5.80. The molecule has 2 aromatic rings. The van der Waals surface area contributed by atoms with Crippen molar-refractivity contribution in [3.05, 3.63) is 59.7 Å². The fourth-order valence-corrected chi connectivity index (χ4v) is 2.50. The van der Waals surface area contributed by atoms with E-state index in [9.17, 15) is 4.79 Å². The number of nitrogens with one attached hydrogen (secondary N) is 1. The van der Waals surface area contributed by atoms with Gasteiger partial charge in [-0.25, -0.2) is 0 Å². The molecule has 0 saturated heterocycles. The van der Waals surface area contributed by atoms with Crippen LogP contribution in [-0.2, 0) is 4.79 Å². The van der Waals surface area contributed by atoms with Gasteiger partial charge >= 0.3 is 0 Å². The van der Waals surface area contributed by atoms with E-state index in [4.69, 9.17) is 4.74 Å². The first-order valence-corrected chi connectivity index (χ1v) is 8.14. The van der Waals surface area contributed by atoms with Gasteiger partial charge in [0, 0.05) is 5.69 Å². The Bertz CT molecular complexity index is 664. The smallest absolute Gasteiger partial charge is 0.265 e. The van der Waals surface area contributed by atoms with E-state index in [1.54, 1.807) is 0 Å². The maximum absolute atomic E-state index is 12.6. The van der Waals surface area contributed by atoms with Crippen LogP contribution in [0.25, 0.3) is 0 Å². The molecule has 0 unspecified atom stereocenters. The summed E-state index contributed by atoms with van der Waals surface area (Å²) in [6, 6.07) is 15.7. The van der Waals surface area contributed by atoms with Crippen LogP contribution in [0.15, 0.2) is 48.5 Å². The molecule has 3 nitrogen and oxygen atoms in total. The average Bonchev–Trinajstić information content (AvgIpc) is 2.53. The maximum atomic E-state index is 12.6. The van der Waals surface area contributed by atoms with Gasteiger partial charge in [0.25, 0.3) is 5.91 Å². The van der Waals surface area contributed by atoms with Gasteiger partial charge in [-0.1, -0.05) is 51.1 Å². The van der Waals surface area contributed by atoms with Crippen molar-refractivity contribution in [1.29, 1.82) is 0 Å². The quantitative estimate of drug-likeness (QED) is 0.822. The van der Waals surface area contributed by atoms with Gasteiger partial charge in [-0.2, -0.15) is 0 Å². The first-order valence-electron chi connectivity index (χ1n) is 8.14. The third-order valence-corrected chi connectivity index (χ3v) is 3.77. The SMILES string of the molecule is CC[C@H](Oc1cccc(C)c1)C(=O)Nc1ccccc1C(C)C. The molecule has 1 atom stereocenters. The molecule has 3 heteroatoms. The Hall–Kier alpha value is -2.29. The summed E-state index contributed by atoms with van der Waals surface area (Å²) in [5.74, 6) is 0.968. The maximum Gasteiger partial charge on any atom is 0.265 e. The predicted octanol–water partition coefficient (Wildman–Crippen LogP) is 4.91. The molecule has 23 heavy (non-hydrogen) atoms. The van der Waals surface area contributed by atoms with Gasteiger partial charge < -0.3 is 10.1 Å². The van der Waals surface area contributed by atoms with Gasteiger partial charge in [-0.05, 0) is 48.6 Å². The minimum atomic E-state index is -0.503. The van der Waals surface area contributed by atoms with E-state index in [-0.39, 0.29) is 5.91 Å². The molecule has 0 aromatic heterocycles. The summed E-state index contributed by atoms with van der Waals surface area (Å²) < 4.78 is 5.87. The zero-order valence-electron chi connectivity index (χ0n) is 14.3. The second kappa shape index (κ2) is 7.82. The highest BCUT2D eigenvalue weighted by Crippen LogP contribution is 2.24. The Morgan fingerprint density at radius 2 is 1.87 bits per heavy atom. The van der Waals surface area contributed by atoms with Crippen molar-refractivity contribution in [2.45, 2.75) is 46.1 Å². The Labute approximate surface area is 138 Å². The molecular formula is C20H25NO2. The Morgan fingerprint density at radius 1 is 1.13 bits per heavy atom. The van der Waals surface area contributed by atoms with Gasteiger partial charge in [0.15, 0.2) is 6.10 Å². The topological polar surface area (TPSA) is 38.3 Å². The van der Waals surface area contributed by atoms with Gasteiger partial charge in [0.2, 0.25) is 0 Å². The van der Waals surface area contributed by atoms with E-state index in [0.717, 1.165) is 22.6 Å². The Morgan fingerprint density at radius 3 is 2.52 bits per heavy atom. The van der Waals surface area contributed by atoms with Crippen LogP contribution in [0.4, 0.5) is 5.69 Å². The molecule has 0 spiro atoms. The lowest BCUT2D eigenvalue weighted by molar-refractivity contribution is -0.122. The van der Waals surface area contributed by atoms with E-state index < -0.39 is 6.10 Å². The zero-order chi connectivity index (χ0) is 16.8. The summed E-state index contributed by atoms with van der Waals surface area (Å²) in [6.45, 7) is 8.19. The van der Waals surface area contributed by atoms with Crippen LogP contribution in [0, 0.1) is 6.92 Å². The highest BCUT2D eigenvalue weighted by Gasteiger charge is 2.20. The molecule has 122 valence electrons. The van der Waals surface area contributed by atoms with Crippen LogP contribution in [0.5, 0.6) is 5.75 Å². The van der Waals surface area contributed by atoms with Crippen molar-refractivity contribution in [2.75, 3.05) is 5.32 Å². The fourth-order valence-electron chi connectivity index (χ4n) is 2.50. The van der Waals surface area contributed by atoms with Gasteiger partial charge in [0.05, 0.1) is 0 Å². The number of benzene rings is 2. The molecule has 0 aliphatic rings. The standard InChI is InChI=1S/C20H25NO2/c1-5-19(23-16-10-8-9-15(4)13-16)20(22)21-18-12-7-6-11-17(18)14(2)3/h6-14,19H,5H2,1-4H3,(H,21,22)/t19-/m0/s1. The minimum absolute atomic E-state index is 0.109. The van der Waals surface area contributed by atoms with Crippen molar-refractivity contribution in [3.8, 4) is 5.75 Å². The lowest BCUT2D eigenvalue weighted by Crippen LogP contribution is -2.32. The lowest BCUT2D eigenvalue weighted by Gasteiger charge is -2.19. The molecule has 2 rings (SSSR count). The summed E-state index contributed by atoms with van der Waals surface area (Å²) >= 11 is 0. The second-order valence-corrected chi connectivity index (χ2v) is 6.06. The number of anilines is 1. The summed E-state index contributed by atoms with van der Waals surface area (Å²) in [4.78, 5) is 12.6. The number of carbonyl (C=O) groups is 1. The number of para-hydroxylation sites is 1. The highest BCUT2D eigenvalue weighted by atomic mass is 16.5. The first-order chi connectivity index (χ1) is 11.0. The number of rotatable bonds is 6. The fraction of sp³-hybridized carbons (Fsp3) is 0.350. The summed E-state index contributed by atoms with van der Waals surface area (Å²) in [5, 5.41) is 3.01. The van der Waals surface area contributed by atoms with Gasteiger partial charge in [0.1, 0.15) is 5.75 Å². The lowest BCUT2D eigenvalue weighted by atomic mass is 10.0. The molecule has 0 fully saturated rings. The van der Waals surface area contributed by atoms with Crippen molar-refractivity contribution < 1.29 is 9.53 Å². The molecular weight excluding hydrogens is 286 g/mol. The molecule has 0 aliphatic carbocycles. The number of carbonyl (C=O) groups excluding carboxylic acids is 1. The van der Waals surface area contributed by atoms with Crippen LogP contribution in [0.3, 0.4) is 0 Å². The number of hydrogen-bond acceptors (Lipinski definition) is 2. The van der Waals surface area contributed by atoms with Crippen molar-refractivity contribution in [2.24, 2.45) is 0 Å². The van der Waals surface area contributed by atoms with Crippen LogP contribution in [-0.4, -0.2) is 12.0 Å². The minimum Gasteiger partial charge on any atom is -0.481 e. The summed E-state index contributed by atoms with van der Waals surface area (Å²) in [6.07, 6.45) is 0.112. The predicted molar refractivity (Wildman–Crippen MR) is 95.0 cm³/mol. The van der Waals surface area contributed by atoms with Crippen LogP contribution >= 0.6 is 0 Å². The van der Waals surface area contributed by atoms with Crippen molar-refractivity contribution in [1.82, 2.24) is 0 Å². The number of amides is 1. The molecule has 1 amide bonds. The van der Waals surface area contributed by atoms with E-state index in [0.29, 0.717) is 12.3 Å². The monoisotopic (exact) mass is 311 g/mol. The molecule has 0 heterocycles. The van der Waals surface area contributed by atoms with Crippen LogP contribution < -0.4 is 10.1 Å². The highest BCUT2D eigenvalue weighted by molar-refractivity contribution is 5.95. The summed E-state index contributed by atoms with van der Waals surface area (Å²) in [5.41, 5.74) is 3.10. The molecule has 0 bridgehead atoms. The van der Waals surface area contributed by atoms with Gasteiger partial charge in [-0.15, -0.1) is 0 Å². The van der Waals surface area contributed by atoms with Crippen LogP contribution in [0.1, 0.15) is 44.2 Å². The largest absolute Gasteiger partial charge is 0.481 e. The van der Waals surface area contributed by atoms with Crippen molar-refractivity contribution >= 4 is 11.6 Å². The van der Waals surface area contributed by atoms with E-state index >= 15 is 0 Å². The Balaban J connectivity index is 2.12. The van der Waals surface area contributed by atoms with Crippen molar-refractivity contribution in [3.63, 3.8) is 0 Å². The van der Waals surface area contributed by atoms with E-state index in [2.05, 4.69) is 19.2 Å². The third kappa shape index (κ3) is 4.59. The number of aryl methyl sites for hydroxylation is 1. The number of hydrogen-bond donors (Lipinski definition) is 1. The van der Waals surface area contributed by atoms with Gasteiger partial charge in [-0.3, -0.25) is 4.79 Å². The second-order valence-electron chi connectivity index (χ2n) is 6.06. The first kappa shape index (κ1) is 17.1. The average molecular weight is 311 g/mol. The zero-order valence-corrected chi connectivity index (χ0v) is 14.3.